The number of nitrogens with one attached hydrogen (secondary N) is 2. The van der Waals surface area contributed by atoms with Gasteiger partial charge >= 0.3 is 5.97 Å². The number of likely N-dealkylation sites (tertiary alicyclic amines) is 1. The van der Waals surface area contributed by atoms with E-state index in [9.17, 15) is 14.4 Å². The number of hydrogen-bond acceptors (Lipinski definition) is 7. The molecule has 2 N–H and O–H groups in total. The minimum atomic E-state index is -0.346. The maximum Gasteiger partial charge on any atom is 0.307 e. The maximum atomic E-state index is 12.4. The Labute approximate surface area is 169 Å². The van der Waals surface area contributed by atoms with E-state index in [0.717, 1.165) is 12.8 Å². The molecule has 1 aromatic carbocycles. The summed E-state index contributed by atoms with van der Waals surface area (Å²) in [6, 6.07) is 5.40. The van der Waals surface area contributed by atoms with E-state index in [1.54, 1.807) is 18.2 Å². The number of methoxy groups -OCH3 is 1. The molecule has 1 fully saturated rings. The molecule has 0 bridgehead atoms. The van der Waals surface area contributed by atoms with Gasteiger partial charge in [-0.3, -0.25) is 19.3 Å². The van der Waals surface area contributed by atoms with Crippen LogP contribution in [0.3, 0.4) is 0 Å². The molecule has 2 amide bonds. The van der Waals surface area contributed by atoms with Gasteiger partial charge in [-0.2, -0.15) is 0 Å². The highest BCUT2D eigenvalue weighted by molar-refractivity contribution is 5.95. The van der Waals surface area contributed by atoms with Crippen LogP contribution in [0.25, 0.3) is 0 Å². The van der Waals surface area contributed by atoms with Gasteiger partial charge in [0.05, 0.1) is 13.5 Å². The van der Waals surface area contributed by atoms with Crippen LogP contribution in [0.5, 0.6) is 11.5 Å². The van der Waals surface area contributed by atoms with E-state index in [4.69, 9.17) is 9.47 Å². The van der Waals surface area contributed by atoms with Gasteiger partial charge in [0.1, 0.15) is 0 Å². The Balaban J connectivity index is 1.41. The zero-order valence-electron chi connectivity index (χ0n) is 16.7. The van der Waals surface area contributed by atoms with Crippen LogP contribution in [0.1, 0.15) is 36.0 Å². The number of benzene rings is 1. The van der Waals surface area contributed by atoms with E-state index in [0.29, 0.717) is 30.0 Å². The number of hydrogen-bond donors (Lipinski definition) is 2. The number of rotatable bonds is 8. The lowest BCUT2D eigenvalue weighted by atomic mass is 10.1. The highest BCUT2D eigenvalue weighted by Gasteiger charge is 2.32. The second kappa shape index (κ2) is 9.60. The topological polar surface area (TPSA) is 106 Å². The lowest BCUT2D eigenvalue weighted by Crippen LogP contribution is -2.42. The van der Waals surface area contributed by atoms with E-state index in [-0.39, 0.29) is 49.6 Å². The van der Waals surface area contributed by atoms with Gasteiger partial charge in [-0.05, 0) is 38.1 Å². The van der Waals surface area contributed by atoms with E-state index in [1.807, 2.05) is 7.05 Å². The van der Waals surface area contributed by atoms with Gasteiger partial charge in [0, 0.05) is 37.2 Å². The van der Waals surface area contributed by atoms with Crippen molar-refractivity contribution in [1.29, 1.82) is 0 Å². The van der Waals surface area contributed by atoms with E-state index >= 15 is 0 Å². The molecular formula is C20H27N3O6. The minimum absolute atomic E-state index is 0.0872. The van der Waals surface area contributed by atoms with Crippen molar-refractivity contribution in [1.82, 2.24) is 15.5 Å². The number of carbonyl (C=O) groups is 3. The summed E-state index contributed by atoms with van der Waals surface area (Å²) in [5, 5.41) is 5.70. The summed E-state index contributed by atoms with van der Waals surface area (Å²) >= 11 is 0. The zero-order valence-corrected chi connectivity index (χ0v) is 16.7. The standard InChI is InChI=1S/C20H27N3O6/c1-23-14(10-18(24)21-8-7-19(25)27-2)4-5-15(23)11-22-20(26)13-3-6-16-17(9-13)29-12-28-16/h3,6,9,14-15H,4-5,7-8,10-12H2,1-2H3,(H,21,24)(H,22,26)/t14-,15+/m1/s1. The third-order valence-corrected chi connectivity index (χ3v) is 5.42. The van der Waals surface area contributed by atoms with Crippen LogP contribution in [0.4, 0.5) is 0 Å². The summed E-state index contributed by atoms with van der Waals surface area (Å²) in [5.41, 5.74) is 0.524. The second-order valence-electron chi connectivity index (χ2n) is 7.21. The van der Waals surface area contributed by atoms with Crippen LogP contribution in [0.15, 0.2) is 18.2 Å². The number of nitrogens with zero attached hydrogens (tertiary/aromatic N) is 1. The van der Waals surface area contributed by atoms with Crippen molar-refractivity contribution >= 4 is 17.8 Å². The first-order valence-corrected chi connectivity index (χ1v) is 9.71. The monoisotopic (exact) mass is 405 g/mol. The first kappa shape index (κ1) is 20.9. The van der Waals surface area contributed by atoms with Crippen molar-refractivity contribution in [2.45, 2.75) is 37.8 Å². The Morgan fingerprint density at radius 2 is 1.90 bits per heavy atom. The van der Waals surface area contributed by atoms with E-state index < -0.39 is 0 Å². The van der Waals surface area contributed by atoms with Crippen molar-refractivity contribution in [2.24, 2.45) is 0 Å². The fraction of sp³-hybridized carbons (Fsp3) is 0.550. The maximum absolute atomic E-state index is 12.4. The molecule has 0 spiro atoms. The summed E-state index contributed by atoms with van der Waals surface area (Å²) in [5.74, 6) is 0.622. The molecule has 29 heavy (non-hydrogen) atoms. The van der Waals surface area contributed by atoms with Crippen LogP contribution >= 0.6 is 0 Å². The Morgan fingerprint density at radius 3 is 2.69 bits per heavy atom. The third kappa shape index (κ3) is 5.38. The molecule has 2 aliphatic rings. The number of esters is 1. The van der Waals surface area contributed by atoms with E-state index in [1.165, 1.54) is 7.11 Å². The first-order valence-electron chi connectivity index (χ1n) is 9.71. The minimum Gasteiger partial charge on any atom is -0.469 e. The summed E-state index contributed by atoms with van der Waals surface area (Å²) < 4.78 is 15.1. The largest absolute Gasteiger partial charge is 0.469 e. The summed E-state index contributed by atoms with van der Waals surface area (Å²) in [6.07, 6.45) is 2.31. The van der Waals surface area contributed by atoms with Crippen molar-refractivity contribution in [3.63, 3.8) is 0 Å². The van der Waals surface area contributed by atoms with Gasteiger partial charge in [-0.25, -0.2) is 0 Å². The molecule has 2 heterocycles. The molecule has 1 aromatic rings. The molecule has 2 aliphatic heterocycles. The second-order valence-corrected chi connectivity index (χ2v) is 7.21. The molecule has 1 saturated heterocycles. The summed E-state index contributed by atoms with van der Waals surface area (Å²) in [6.45, 7) is 0.951. The molecule has 2 atom stereocenters. The highest BCUT2D eigenvalue weighted by Crippen LogP contribution is 2.32. The SMILES string of the molecule is COC(=O)CCNC(=O)C[C@H]1CC[C@@H](CNC(=O)c2ccc3c(c2)OCO3)N1C. The predicted octanol–water partition coefficient (Wildman–Crippen LogP) is 0.677. The lowest BCUT2D eigenvalue weighted by molar-refractivity contribution is -0.140. The molecule has 9 nitrogen and oxygen atoms in total. The van der Waals surface area contributed by atoms with Crippen LogP contribution in [-0.4, -0.2) is 68.8 Å². The van der Waals surface area contributed by atoms with Gasteiger partial charge in [-0.1, -0.05) is 0 Å². The lowest BCUT2D eigenvalue weighted by Gasteiger charge is -2.25. The highest BCUT2D eigenvalue weighted by atomic mass is 16.7. The fourth-order valence-electron chi connectivity index (χ4n) is 3.62. The number of fused-ring (bicyclic) bond motifs is 1. The van der Waals surface area contributed by atoms with Crippen molar-refractivity contribution in [3.05, 3.63) is 23.8 Å². The van der Waals surface area contributed by atoms with E-state index in [2.05, 4.69) is 20.3 Å². The predicted molar refractivity (Wildman–Crippen MR) is 104 cm³/mol. The molecule has 0 unspecified atom stereocenters. The van der Waals surface area contributed by atoms with Crippen LogP contribution in [0.2, 0.25) is 0 Å². The zero-order chi connectivity index (χ0) is 20.8. The number of likely N-dealkylation sites (N-methyl/N-ethyl adjacent to an activating group) is 1. The van der Waals surface area contributed by atoms with Gasteiger partial charge in [0.2, 0.25) is 12.7 Å². The van der Waals surface area contributed by atoms with Crippen molar-refractivity contribution in [2.75, 3.05) is 34.0 Å². The normalized spacial score (nSPS) is 20.3. The Kier molecular flexibility index (Phi) is 6.92. The molecule has 0 radical (unpaired) electrons. The molecule has 9 heteroatoms. The smallest absolute Gasteiger partial charge is 0.307 e. The van der Waals surface area contributed by atoms with Crippen LogP contribution in [-0.2, 0) is 14.3 Å². The molecule has 158 valence electrons. The average Bonchev–Trinajstić information content (AvgIpc) is 3.32. The third-order valence-electron chi connectivity index (χ3n) is 5.42. The summed E-state index contributed by atoms with van der Waals surface area (Å²) in [4.78, 5) is 37.7. The first-order chi connectivity index (χ1) is 14.0. The van der Waals surface area contributed by atoms with Gasteiger partial charge < -0.3 is 24.8 Å². The number of amides is 2. The average molecular weight is 405 g/mol. The Bertz CT molecular complexity index is 769. The number of carbonyl (C=O) groups excluding carboxylic acids is 3. The molecule has 0 saturated carbocycles. The van der Waals surface area contributed by atoms with Crippen molar-refractivity contribution in [3.8, 4) is 11.5 Å². The van der Waals surface area contributed by atoms with Gasteiger partial charge in [0.25, 0.3) is 5.91 Å². The Hall–Kier alpha value is -2.81. The summed E-state index contributed by atoms with van der Waals surface area (Å²) in [7, 11) is 3.29. The fourth-order valence-corrected chi connectivity index (χ4v) is 3.62. The molecule has 3 rings (SSSR count). The molecule has 0 aliphatic carbocycles. The van der Waals surface area contributed by atoms with Crippen molar-refractivity contribution < 1.29 is 28.6 Å². The van der Waals surface area contributed by atoms with Gasteiger partial charge in [0.15, 0.2) is 11.5 Å². The number of ether oxygens (including phenoxy) is 3. The van der Waals surface area contributed by atoms with Crippen LogP contribution < -0.4 is 20.1 Å². The van der Waals surface area contributed by atoms with Crippen LogP contribution in [0, 0.1) is 0 Å². The van der Waals surface area contributed by atoms with Gasteiger partial charge in [-0.15, -0.1) is 0 Å². The quantitative estimate of drug-likeness (QED) is 0.613. The Morgan fingerprint density at radius 1 is 1.14 bits per heavy atom. The molecular weight excluding hydrogens is 378 g/mol. The molecule has 0 aromatic heterocycles.